The van der Waals surface area contributed by atoms with Gasteiger partial charge >= 0.3 is 5.97 Å². The molecule has 0 unspecified atom stereocenters. The van der Waals surface area contributed by atoms with Crippen molar-refractivity contribution in [2.45, 2.75) is 26.4 Å². The van der Waals surface area contributed by atoms with Crippen LogP contribution in [0.2, 0.25) is 0 Å². The third-order valence-corrected chi connectivity index (χ3v) is 1.62. The number of esters is 1. The molecule has 15 heavy (non-hydrogen) atoms. The van der Waals surface area contributed by atoms with Crippen molar-refractivity contribution in [3.8, 4) is 0 Å². The van der Waals surface area contributed by atoms with Crippen molar-refractivity contribution < 1.29 is 9.53 Å². The van der Waals surface area contributed by atoms with Crippen LogP contribution in [0.15, 0.2) is 36.7 Å². The Morgan fingerprint density at radius 3 is 2.13 bits per heavy atom. The van der Waals surface area contributed by atoms with Crippen LogP contribution in [-0.4, -0.2) is 23.0 Å². The van der Waals surface area contributed by atoms with Gasteiger partial charge in [0, 0.05) is 12.4 Å². The summed E-state index contributed by atoms with van der Waals surface area (Å²) in [5.41, 5.74) is -0.422. The largest absolute Gasteiger partial charge is 0.459 e. The maximum atomic E-state index is 11.5. The molecule has 0 spiro atoms. The van der Waals surface area contributed by atoms with Gasteiger partial charge in [-0.05, 0) is 32.9 Å². The summed E-state index contributed by atoms with van der Waals surface area (Å²) in [6.07, 6.45) is 11.2. The average Bonchev–Trinajstić information content (AvgIpc) is 2.28. The molecular weight excluding hydrogens is 190 g/mol. The maximum Gasteiger partial charge on any atom is 0.326 e. The van der Waals surface area contributed by atoms with Gasteiger partial charge in [-0.1, -0.05) is 12.2 Å². The summed E-state index contributed by atoms with van der Waals surface area (Å²) < 4.78 is 5.21. The Morgan fingerprint density at radius 2 is 1.67 bits per heavy atom. The van der Waals surface area contributed by atoms with Crippen LogP contribution in [0.3, 0.4) is 0 Å². The lowest BCUT2D eigenvalue weighted by atomic mass is 10.2. The quantitative estimate of drug-likeness (QED) is 0.650. The van der Waals surface area contributed by atoms with Gasteiger partial charge in [0.05, 0.1) is 0 Å². The van der Waals surface area contributed by atoms with Crippen molar-refractivity contribution in [2.24, 2.45) is 0 Å². The first-order valence-corrected chi connectivity index (χ1v) is 4.97. The third kappa shape index (κ3) is 5.05. The van der Waals surface area contributed by atoms with Crippen molar-refractivity contribution in [3.05, 3.63) is 36.7 Å². The number of allylic oxidation sites excluding steroid dienone is 4. The zero-order chi connectivity index (χ0) is 11.3. The molecule has 0 aromatic rings. The Balaban J connectivity index is 2.45. The van der Waals surface area contributed by atoms with Crippen LogP contribution in [0.25, 0.3) is 0 Å². The second-order valence-electron chi connectivity index (χ2n) is 4.33. The van der Waals surface area contributed by atoms with E-state index in [2.05, 4.69) is 0 Å². The molecule has 3 nitrogen and oxygen atoms in total. The van der Waals surface area contributed by atoms with Crippen LogP contribution in [0.1, 0.15) is 20.8 Å². The lowest BCUT2D eigenvalue weighted by molar-refractivity contribution is -0.154. The van der Waals surface area contributed by atoms with Gasteiger partial charge in [0.15, 0.2) is 0 Å². The van der Waals surface area contributed by atoms with E-state index < -0.39 is 5.60 Å². The Labute approximate surface area is 90.7 Å². The van der Waals surface area contributed by atoms with Gasteiger partial charge in [0.25, 0.3) is 0 Å². The molecule has 1 aliphatic rings. The van der Waals surface area contributed by atoms with E-state index in [-0.39, 0.29) is 12.5 Å². The number of hydrogen-bond acceptors (Lipinski definition) is 3. The van der Waals surface area contributed by atoms with E-state index in [1.807, 2.05) is 57.5 Å². The molecule has 1 heterocycles. The summed E-state index contributed by atoms with van der Waals surface area (Å²) in [6.45, 7) is 5.83. The highest BCUT2D eigenvalue weighted by Gasteiger charge is 2.17. The normalized spacial score (nSPS) is 15.3. The predicted molar refractivity (Wildman–Crippen MR) is 60.0 cm³/mol. The molecule has 82 valence electrons. The molecule has 0 atom stereocenters. The van der Waals surface area contributed by atoms with E-state index in [1.54, 1.807) is 4.90 Å². The summed E-state index contributed by atoms with van der Waals surface area (Å²) in [5.74, 6) is -0.223. The van der Waals surface area contributed by atoms with Gasteiger partial charge in [0.2, 0.25) is 0 Å². The standard InChI is InChI=1S/C12H17NO2/c1-12(2,3)15-11(14)10-13-8-6-4-5-7-9-13/h4-9H,10H2,1-3H3. The lowest BCUT2D eigenvalue weighted by Gasteiger charge is -2.21. The van der Waals surface area contributed by atoms with Crippen molar-refractivity contribution >= 4 is 5.97 Å². The highest BCUT2D eigenvalue weighted by Crippen LogP contribution is 2.08. The van der Waals surface area contributed by atoms with E-state index >= 15 is 0 Å². The van der Waals surface area contributed by atoms with Crippen LogP contribution >= 0.6 is 0 Å². The molecule has 0 bridgehead atoms. The smallest absolute Gasteiger partial charge is 0.326 e. The molecular formula is C12H17NO2. The molecule has 0 saturated heterocycles. The predicted octanol–water partition coefficient (Wildman–Crippen LogP) is 2.23. The summed E-state index contributed by atoms with van der Waals surface area (Å²) in [6, 6.07) is 0. The number of hydrogen-bond donors (Lipinski definition) is 0. The van der Waals surface area contributed by atoms with Crippen LogP contribution in [0, 0.1) is 0 Å². The van der Waals surface area contributed by atoms with Gasteiger partial charge in [-0.3, -0.25) is 4.79 Å². The van der Waals surface area contributed by atoms with Gasteiger partial charge in [-0.2, -0.15) is 0 Å². The van der Waals surface area contributed by atoms with Gasteiger partial charge in [-0.25, -0.2) is 0 Å². The molecule has 0 aromatic heterocycles. The highest BCUT2D eigenvalue weighted by molar-refractivity contribution is 5.72. The van der Waals surface area contributed by atoms with E-state index in [9.17, 15) is 4.79 Å². The topological polar surface area (TPSA) is 29.5 Å². The molecule has 0 saturated carbocycles. The molecule has 0 amide bonds. The molecule has 0 aliphatic carbocycles. The second kappa shape index (κ2) is 4.82. The van der Waals surface area contributed by atoms with Crippen molar-refractivity contribution in [1.82, 2.24) is 4.90 Å². The first kappa shape index (κ1) is 11.6. The van der Waals surface area contributed by atoms with Crippen molar-refractivity contribution in [1.29, 1.82) is 0 Å². The minimum Gasteiger partial charge on any atom is -0.459 e. The minimum absolute atomic E-state index is 0.223. The molecule has 0 fully saturated rings. The number of carbonyl (C=O) groups excluding carboxylic acids is 1. The second-order valence-corrected chi connectivity index (χ2v) is 4.33. The number of ether oxygens (including phenoxy) is 1. The van der Waals surface area contributed by atoms with E-state index in [4.69, 9.17) is 4.74 Å². The fourth-order valence-electron chi connectivity index (χ4n) is 1.13. The molecule has 1 aliphatic heterocycles. The average molecular weight is 207 g/mol. The molecule has 0 radical (unpaired) electrons. The van der Waals surface area contributed by atoms with Crippen LogP contribution in [0.5, 0.6) is 0 Å². The Bertz CT molecular complexity index is 292. The SMILES string of the molecule is CC(C)(C)OC(=O)CN1C=CC=CC=C1. The van der Waals surface area contributed by atoms with Crippen LogP contribution in [0.4, 0.5) is 0 Å². The number of rotatable bonds is 2. The molecule has 1 rings (SSSR count). The maximum absolute atomic E-state index is 11.5. The summed E-state index contributed by atoms with van der Waals surface area (Å²) >= 11 is 0. The highest BCUT2D eigenvalue weighted by atomic mass is 16.6. The fourth-order valence-corrected chi connectivity index (χ4v) is 1.13. The Kier molecular flexibility index (Phi) is 3.72. The summed E-state index contributed by atoms with van der Waals surface area (Å²) in [7, 11) is 0. The minimum atomic E-state index is -0.422. The number of carbonyl (C=O) groups is 1. The zero-order valence-corrected chi connectivity index (χ0v) is 9.43. The molecule has 0 N–H and O–H groups in total. The first-order chi connectivity index (χ1) is 6.97. The van der Waals surface area contributed by atoms with Gasteiger partial charge in [-0.15, -0.1) is 0 Å². The Hall–Kier alpha value is -1.51. The summed E-state index contributed by atoms with van der Waals surface area (Å²) in [4.78, 5) is 13.3. The Morgan fingerprint density at radius 1 is 1.13 bits per heavy atom. The van der Waals surface area contributed by atoms with Crippen molar-refractivity contribution in [2.75, 3.05) is 6.54 Å². The van der Waals surface area contributed by atoms with Crippen LogP contribution in [-0.2, 0) is 9.53 Å². The van der Waals surface area contributed by atoms with E-state index in [0.717, 1.165) is 0 Å². The fraction of sp³-hybridized carbons (Fsp3) is 0.417. The van der Waals surface area contributed by atoms with Gasteiger partial charge in [0.1, 0.15) is 12.1 Å². The monoisotopic (exact) mass is 207 g/mol. The number of nitrogens with zero attached hydrogens (tertiary/aromatic N) is 1. The van der Waals surface area contributed by atoms with E-state index in [1.165, 1.54) is 0 Å². The van der Waals surface area contributed by atoms with Crippen LogP contribution < -0.4 is 0 Å². The molecule has 0 aromatic carbocycles. The van der Waals surface area contributed by atoms with E-state index in [0.29, 0.717) is 0 Å². The lowest BCUT2D eigenvalue weighted by Crippen LogP contribution is -2.30. The van der Waals surface area contributed by atoms with Crippen molar-refractivity contribution in [3.63, 3.8) is 0 Å². The third-order valence-electron chi connectivity index (χ3n) is 1.62. The zero-order valence-electron chi connectivity index (χ0n) is 9.43. The molecule has 3 heteroatoms. The first-order valence-electron chi connectivity index (χ1n) is 4.97. The summed E-state index contributed by atoms with van der Waals surface area (Å²) in [5, 5.41) is 0. The van der Waals surface area contributed by atoms with Gasteiger partial charge < -0.3 is 9.64 Å².